The summed E-state index contributed by atoms with van der Waals surface area (Å²) in [7, 11) is -1.06. The smallest absolute Gasteiger partial charge is 0.165 e. The normalized spacial score (nSPS) is 34.1. The number of hydrogen-bond donors (Lipinski definition) is 0. The maximum atomic E-state index is 12.4. The van der Waals surface area contributed by atoms with E-state index in [9.17, 15) is 13.2 Å². The van der Waals surface area contributed by atoms with Gasteiger partial charge in [0.25, 0.3) is 0 Å². The molecule has 1 heterocycles. The molecular weight excluding hydrogens is 266 g/mol. The lowest BCUT2D eigenvalue weighted by Crippen LogP contribution is -2.47. The average Bonchev–Trinajstić information content (AvgIpc) is 2.37. The molecule has 0 aromatic carbocycles. The topological polar surface area (TPSA) is 63.7 Å². The van der Waals surface area contributed by atoms with Gasteiger partial charge in [0.2, 0.25) is 0 Å². The van der Waals surface area contributed by atoms with Crippen molar-refractivity contribution in [1.29, 1.82) is 0 Å². The highest BCUT2D eigenvalue weighted by molar-refractivity contribution is 7.91. The molecule has 0 bridgehead atoms. The SMILES string of the molecule is CN1CCOC(C(=O)C2CCCC(S(C)(=O)=O)C2)C1. The van der Waals surface area contributed by atoms with E-state index < -0.39 is 9.84 Å². The number of ketones is 1. The summed E-state index contributed by atoms with van der Waals surface area (Å²) in [6, 6.07) is 0. The van der Waals surface area contributed by atoms with E-state index in [2.05, 4.69) is 4.90 Å². The predicted molar refractivity (Wildman–Crippen MR) is 72.8 cm³/mol. The summed E-state index contributed by atoms with van der Waals surface area (Å²) in [5.41, 5.74) is 0. The Morgan fingerprint density at radius 2 is 2.05 bits per heavy atom. The maximum Gasteiger partial charge on any atom is 0.165 e. The Bertz CT molecular complexity index is 434. The monoisotopic (exact) mass is 289 g/mol. The molecule has 3 unspecified atom stereocenters. The minimum atomic E-state index is -3.04. The zero-order chi connectivity index (χ0) is 14.0. The van der Waals surface area contributed by atoms with Crippen LogP contribution in [0.5, 0.6) is 0 Å². The molecule has 0 aromatic heterocycles. The summed E-state index contributed by atoms with van der Waals surface area (Å²) < 4.78 is 28.8. The number of rotatable bonds is 3. The van der Waals surface area contributed by atoms with Gasteiger partial charge in [-0.3, -0.25) is 4.79 Å². The minimum Gasteiger partial charge on any atom is -0.368 e. The van der Waals surface area contributed by atoms with E-state index in [1.165, 1.54) is 6.26 Å². The maximum absolute atomic E-state index is 12.4. The summed E-state index contributed by atoms with van der Waals surface area (Å²) in [4.78, 5) is 14.5. The van der Waals surface area contributed by atoms with E-state index >= 15 is 0 Å². The Morgan fingerprint density at radius 1 is 1.32 bits per heavy atom. The molecule has 1 aliphatic carbocycles. The van der Waals surface area contributed by atoms with Crippen molar-refractivity contribution in [2.75, 3.05) is 33.0 Å². The van der Waals surface area contributed by atoms with Crippen LogP contribution < -0.4 is 0 Å². The fraction of sp³-hybridized carbons (Fsp3) is 0.923. The Balaban J connectivity index is 1.99. The summed E-state index contributed by atoms with van der Waals surface area (Å²) in [5.74, 6) is -0.0510. The van der Waals surface area contributed by atoms with Crippen molar-refractivity contribution in [3.63, 3.8) is 0 Å². The van der Waals surface area contributed by atoms with Gasteiger partial charge in [0.15, 0.2) is 5.78 Å². The highest BCUT2D eigenvalue weighted by atomic mass is 32.2. The Labute approximate surface area is 115 Å². The van der Waals surface area contributed by atoms with Crippen molar-refractivity contribution in [3.05, 3.63) is 0 Å². The first-order valence-corrected chi connectivity index (χ1v) is 8.86. The van der Waals surface area contributed by atoms with Gasteiger partial charge in [-0.15, -0.1) is 0 Å². The molecule has 0 aromatic rings. The number of carbonyl (C=O) groups excluding carboxylic acids is 1. The third-order valence-corrected chi connectivity index (χ3v) is 5.86. The first-order valence-electron chi connectivity index (χ1n) is 6.90. The van der Waals surface area contributed by atoms with Gasteiger partial charge < -0.3 is 9.64 Å². The van der Waals surface area contributed by atoms with Crippen LogP contribution in [0.15, 0.2) is 0 Å². The van der Waals surface area contributed by atoms with Crippen LogP contribution in [-0.2, 0) is 19.4 Å². The van der Waals surface area contributed by atoms with Crippen LogP contribution in [-0.4, -0.2) is 63.5 Å². The largest absolute Gasteiger partial charge is 0.368 e. The summed E-state index contributed by atoms with van der Waals surface area (Å²) in [5, 5.41) is -0.350. The van der Waals surface area contributed by atoms with Gasteiger partial charge in [-0.25, -0.2) is 8.42 Å². The van der Waals surface area contributed by atoms with Crippen molar-refractivity contribution in [1.82, 2.24) is 4.90 Å². The van der Waals surface area contributed by atoms with E-state index in [0.29, 0.717) is 26.0 Å². The van der Waals surface area contributed by atoms with Crippen molar-refractivity contribution >= 4 is 15.6 Å². The lowest BCUT2D eigenvalue weighted by atomic mass is 9.84. The second-order valence-electron chi connectivity index (χ2n) is 5.84. The third kappa shape index (κ3) is 3.77. The molecule has 3 atom stereocenters. The van der Waals surface area contributed by atoms with Crippen LogP contribution in [0.2, 0.25) is 0 Å². The quantitative estimate of drug-likeness (QED) is 0.756. The molecule has 1 saturated carbocycles. The molecule has 0 spiro atoms. The number of nitrogens with zero attached hydrogens (tertiary/aromatic N) is 1. The minimum absolute atomic E-state index is 0.0971. The number of hydrogen-bond acceptors (Lipinski definition) is 5. The third-order valence-electron chi connectivity index (χ3n) is 4.22. The standard InChI is InChI=1S/C13H23NO4S/c1-14-6-7-18-12(9-14)13(15)10-4-3-5-11(8-10)19(2,16)17/h10-12H,3-9H2,1-2H3. The summed E-state index contributed by atoms with van der Waals surface area (Å²) in [6.45, 7) is 2.05. The molecule has 2 rings (SSSR count). The number of sulfone groups is 1. The lowest BCUT2D eigenvalue weighted by Gasteiger charge is -2.33. The number of ether oxygens (including phenoxy) is 1. The molecule has 5 nitrogen and oxygen atoms in total. The number of carbonyl (C=O) groups is 1. The van der Waals surface area contributed by atoms with Gasteiger partial charge in [0.1, 0.15) is 15.9 Å². The van der Waals surface area contributed by atoms with Crippen molar-refractivity contribution in [3.8, 4) is 0 Å². The van der Waals surface area contributed by atoms with Crippen LogP contribution in [0.3, 0.4) is 0 Å². The van der Waals surface area contributed by atoms with E-state index in [-0.39, 0.29) is 23.1 Å². The first-order chi connectivity index (χ1) is 8.88. The average molecular weight is 289 g/mol. The second-order valence-corrected chi connectivity index (χ2v) is 8.16. The van der Waals surface area contributed by atoms with Crippen LogP contribution in [0.4, 0.5) is 0 Å². The first kappa shape index (κ1) is 14.9. The predicted octanol–water partition coefficient (Wildman–Crippen LogP) is 0.490. The van der Waals surface area contributed by atoms with Crippen LogP contribution in [0, 0.1) is 5.92 Å². The second kappa shape index (κ2) is 5.89. The molecule has 0 N–H and O–H groups in total. The molecule has 19 heavy (non-hydrogen) atoms. The lowest BCUT2D eigenvalue weighted by molar-refractivity contribution is -0.140. The molecule has 110 valence electrons. The zero-order valence-corrected chi connectivity index (χ0v) is 12.5. The van der Waals surface area contributed by atoms with Crippen molar-refractivity contribution in [2.45, 2.75) is 37.0 Å². The van der Waals surface area contributed by atoms with Gasteiger partial charge in [0.05, 0.1) is 11.9 Å². The molecule has 0 radical (unpaired) electrons. The molecule has 1 aliphatic heterocycles. The fourth-order valence-corrected chi connectivity index (χ4v) is 4.18. The Kier molecular flexibility index (Phi) is 4.63. The summed E-state index contributed by atoms with van der Waals surface area (Å²) in [6.07, 6.45) is 3.68. The fourth-order valence-electron chi connectivity index (χ4n) is 3.01. The number of likely N-dealkylation sites (N-methyl/N-ethyl adjacent to an activating group) is 1. The number of Topliss-reactive ketones (excluding diaryl/α,β-unsaturated/α-hetero) is 1. The molecule has 2 aliphatic rings. The van der Waals surface area contributed by atoms with E-state index in [0.717, 1.165) is 19.4 Å². The van der Waals surface area contributed by atoms with Gasteiger partial charge in [-0.05, 0) is 26.3 Å². The van der Waals surface area contributed by atoms with Gasteiger partial charge in [-0.2, -0.15) is 0 Å². The molecule has 0 amide bonds. The molecule has 6 heteroatoms. The van der Waals surface area contributed by atoms with E-state index in [1.807, 2.05) is 7.05 Å². The molecule has 2 fully saturated rings. The van der Waals surface area contributed by atoms with Crippen LogP contribution >= 0.6 is 0 Å². The Morgan fingerprint density at radius 3 is 2.68 bits per heavy atom. The number of morpholine rings is 1. The van der Waals surface area contributed by atoms with Crippen LogP contribution in [0.1, 0.15) is 25.7 Å². The van der Waals surface area contributed by atoms with Gasteiger partial charge in [0, 0.05) is 25.3 Å². The zero-order valence-electron chi connectivity index (χ0n) is 11.7. The Hall–Kier alpha value is -0.460. The van der Waals surface area contributed by atoms with Crippen molar-refractivity contribution in [2.24, 2.45) is 5.92 Å². The van der Waals surface area contributed by atoms with Crippen molar-refractivity contribution < 1.29 is 17.9 Å². The highest BCUT2D eigenvalue weighted by Gasteiger charge is 2.36. The molecule has 1 saturated heterocycles. The van der Waals surface area contributed by atoms with Gasteiger partial charge >= 0.3 is 0 Å². The molecular formula is C13H23NO4S. The van der Waals surface area contributed by atoms with Crippen LogP contribution in [0.25, 0.3) is 0 Å². The van der Waals surface area contributed by atoms with E-state index in [1.54, 1.807) is 0 Å². The van der Waals surface area contributed by atoms with Gasteiger partial charge in [-0.1, -0.05) is 6.42 Å². The summed E-state index contributed by atoms with van der Waals surface area (Å²) >= 11 is 0. The highest BCUT2D eigenvalue weighted by Crippen LogP contribution is 2.30. The van der Waals surface area contributed by atoms with E-state index in [4.69, 9.17) is 4.74 Å².